The van der Waals surface area contributed by atoms with Gasteiger partial charge in [-0.2, -0.15) is 0 Å². The molecule has 0 N–H and O–H groups in total. The minimum atomic E-state index is -0.448. The van der Waals surface area contributed by atoms with Crippen molar-refractivity contribution in [3.8, 4) is 0 Å². The second-order valence-electron chi connectivity index (χ2n) is 3.29. The van der Waals surface area contributed by atoms with Gasteiger partial charge in [0.1, 0.15) is 0 Å². The molecule has 0 aliphatic rings. The summed E-state index contributed by atoms with van der Waals surface area (Å²) in [4.78, 5) is 0. The molecule has 63 valence electrons. The normalized spacial score (nSPS) is 10.0. The van der Waals surface area contributed by atoms with Gasteiger partial charge in [-0.1, -0.05) is 0 Å². The van der Waals surface area contributed by atoms with E-state index in [2.05, 4.69) is 47.1 Å². The number of aryl methyl sites for hydroxylation is 1. The van der Waals surface area contributed by atoms with Crippen LogP contribution in [0.5, 0.6) is 0 Å². The molecule has 0 saturated heterocycles. The first-order chi connectivity index (χ1) is 6.33. The van der Waals surface area contributed by atoms with Crippen molar-refractivity contribution in [3.63, 3.8) is 0 Å². The van der Waals surface area contributed by atoms with Crippen LogP contribution in [0.1, 0.15) is 5.56 Å². The molecule has 0 saturated carbocycles. The molecule has 0 aromatic heterocycles. The van der Waals surface area contributed by atoms with Gasteiger partial charge in [-0.25, -0.2) is 0 Å². The van der Waals surface area contributed by atoms with Crippen molar-refractivity contribution in [1.82, 2.24) is 0 Å². The van der Waals surface area contributed by atoms with Crippen molar-refractivity contribution in [3.05, 3.63) is 42.0 Å². The molecule has 0 atom stereocenters. The summed E-state index contributed by atoms with van der Waals surface area (Å²) in [6, 6.07) is 13.2. The molecule has 0 bridgehead atoms. The van der Waals surface area contributed by atoms with E-state index in [9.17, 15) is 0 Å². The summed E-state index contributed by atoms with van der Waals surface area (Å²) in [7, 11) is 0. The molecule has 1 heteroatoms. The van der Waals surface area contributed by atoms with E-state index in [1.54, 1.807) is 2.37 Å². The second-order valence-corrected chi connectivity index (χ2v) is 6.24. The van der Waals surface area contributed by atoms with Gasteiger partial charge in [-0.15, -0.1) is 0 Å². The molecule has 2 aromatic carbocycles. The average molecular weight is 245 g/mol. The van der Waals surface area contributed by atoms with Crippen LogP contribution in [0.3, 0.4) is 0 Å². The fourth-order valence-electron chi connectivity index (χ4n) is 1.76. The summed E-state index contributed by atoms with van der Waals surface area (Å²) in [5, 5.41) is 2.81. The third-order valence-corrected chi connectivity index (χ3v) is 5.62. The quantitative estimate of drug-likeness (QED) is 0.724. The molecule has 0 radical (unpaired) electrons. The standard InChI is InChI=1S/C11H9.CH3.Y/c1-9-5-4-7-10-6-2-3-8-11(9)10;;/h2-4,6-8H,1H3;1H3;. The van der Waals surface area contributed by atoms with Crippen LogP contribution < -0.4 is 2.37 Å². The average Bonchev–Trinajstić information content (AvgIpc) is 2.19. The molecule has 0 unspecified atom stereocenters. The number of fused-ring (bicyclic) bond motifs is 1. The Morgan fingerprint density at radius 1 is 1.00 bits per heavy atom. The summed E-state index contributed by atoms with van der Waals surface area (Å²) < 4.78 is 4.04. The van der Waals surface area contributed by atoms with Crippen LogP contribution in [-0.2, 0) is 29.2 Å². The first-order valence-corrected chi connectivity index (χ1v) is 8.86. The topological polar surface area (TPSA) is 0 Å². The fourth-order valence-corrected chi connectivity index (χ4v) is 3.91. The van der Waals surface area contributed by atoms with Gasteiger partial charge in [-0.05, 0) is 0 Å². The van der Waals surface area contributed by atoms with Gasteiger partial charge in [0, 0.05) is 0 Å². The van der Waals surface area contributed by atoms with Gasteiger partial charge in [0.15, 0.2) is 0 Å². The Kier molecular flexibility index (Phi) is 2.81. The zero-order chi connectivity index (χ0) is 9.26. The van der Waals surface area contributed by atoms with Crippen molar-refractivity contribution < 1.29 is 29.2 Å². The van der Waals surface area contributed by atoms with Crippen LogP contribution in [0.25, 0.3) is 10.8 Å². The Bertz CT molecular complexity index is 432. The van der Waals surface area contributed by atoms with E-state index in [0.717, 1.165) is 0 Å². The maximum absolute atomic E-state index is 2.40. The van der Waals surface area contributed by atoms with Crippen molar-refractivity contribution in [2.24, 2.45) is 0 Å². The molecule has 2 rings (SSSR count). The van der Waals surface area contributed by atoms with Crippen LogP contribution in [0, 0.1) is 6.92 Å². The van der Waals surface area contributed by atoms with Crippen molar-refractivity contribution >= 4 is 13.1 Å². The van der Waals surface area contributed by atoms with E-state index in [1.807, 2.05) is 0 Å². The molecule has 0 fully saturated rings. The summed E-state index contributed by atoms with van der Waals surface area (Å²) in [5.41, 5.74) is 1.52. The van der Waals surface area contributed by atoms with Gasteiger partial charge in [-0.3, -0.25) is 0 Å². The first-order valence-electron chi connectivity index (χ1n) is 4.60. The number of rotatable bonds is 1. The Morgan fingerprint density at radius 2 is 1.77 bits per heavy atom. The van der Waals surface area contributed by atoms with Crippen LogP contribution >= 0.6 is 0 Å². The predicted octanol–water partition coefficient (Wildman–Crippen LogP) is 2.90. The van der Waals surface area contributed by atoms with Gasteiger partial charge in [0.05, 0.1) is 0 Å². The zero-order valence-electron chi connectivity index (χ0n) is 8.04. The third kappa shape index (κ3) is 1.70. The summed E-state index contributed by atoms with van der Waals surface area (Å²) in [6.07, 6.45) is 0. The SMILES string of the molecule is [CH3][Y][c]1ccc2ccccc2c1C. The van der Waals surface area contributed by atoms with Crippen molar-refractivity contribution in [2.75, 3.05) is 0 Å². The molecule has 0 nitrogen and oxygen atoms in total. The molecule has 2 aromatic rings. The van der Waals surface area contributed by atoms with Crippen LogP contribution in [-0.4, -0.2) is 0 Å². The number of hydrogen-bond acceptors (Lipinski definition) is 0. The van der Waals surface area contributed by atoms with Gasteiger partial charge in [0.2, 0.25) is 0 Å². The Morgan fingerprint density at radius 3 is 2.54 bits per heavy atom. The predicted molar refractivity (Wildman–Crippen MR) is 54.2 cm³/mol. The Hall–Kier alpha value is -0.196. The van der Waals surface area contributed by atoms with Gasteiger partial charge in [0.25, 0.3) is 0 Å². The number of hydrogen-bond donors (Lipinski definition) is 0. The minimum absolute atomic E-state index is 0.448. The van der Waals surface area contributed by atoms with Crippen molar-refractivity contribution in [1.29, 1.82) is 0 Å². The van der Waals surface area contributed by atoms with E-state index in [0.29, 0.717) is 0 Å². The Labute approximate surface area is 94.3 Å². The van der Waals surface area contributed by atoms with E-state index < -0.39 is 29.2 Å². The molecule has 13 heavy (non-hydrogen) atoms. The fraction of sp³-hybridized carbons (Fsp3) is 0.167. The van der Waals surface area contributed by atoms with Crippen LogP contribution in [0.4, 0.5) is 0 Å². The first kappa shape index (κ1) is 9.36. The molecule has 0 spiro atoms. The Balaban J connectivity index is 2.79. The number of benzene rings is 2. The third-order valence-electron chi connectivity index (χ3n) is 2.55. The maximum atomic E-state index is 2.40. The van der Waals surface area contributed by atoms with Gasteiger partial charge >= 0.3 is 95.0 Å². The summed E-state index contributed by atoms with van der Waals surface area (Å²) in [6.45, 7) is 2.26. The molecule has 0 heterocycles. The summed E-state index contributed by atoms with van der Waals surface area (Å²) >= 11 is -0.448. The van der Waals surface area contributed by atoms with Crippen LogP contribution in [0.15, 0.2) is 36.4 Å². The monoisotopic (exact) mass is 245 g/mol. The molecule has 0 aliphatic heterocycles. The van der Waals surface area contributed by atoms with E-state index >= 15 is 0 Å². The summed E-state index contributed by atoms with van der Waals surface area (Å²) in [5.74, 6) is 0. The van der Waals surface area contributed by atoms with E-state index in [1.165, 1.54) is 16.3 Å². The van der Waals surface area contributed by atoms with Crippen LogP contribution in [0.2, 0.25) is 3.73 Å². The van der Waals surface area contributed by atoms with E-state index in [4.69, 9.17) is 0 Å². The molecule has 0 aliphatic carbocycles. The second kappa shape index (κ2) is 3.90. The molecule has 0 amide bonds. The zero-order valence-corrected chi connectivity index (χ0v) is 10.9. The van der Waals surface area contributed by atoms with Crippen molar-refractivity contribution in [2.45, 2.75) is 10.7 Å². The van der Waals surface area contributed by atoms with E-state index in [-0.39, 0.29) is 0 Å². The van der Waals surface area contributed by atoms with Gasteiger partial charge < -0.3 is 0 Å². The molecular formula is C12H12Y. The molecular weight excluding hydrogens is 233 g/mol.